The summed E-state index contributed by atoms with van der Waals surface area (Å²) in [6.45, 7) is 4.73. The minimum atomic E-state index is -0.510. The van der Waals surface area contributed by atoms with Crippen LogP contribution in [0, 0.1) is 0 Å². The van der Waals surface area contributed by atoms with Gasteiger partial charge < -0.3 is 4.90 Å². The van der Waals surface area contributed by atoms with Crippen molar-refractivity contribution in [2.24, 2.45) is 0 Å². The van der Waals surface area contributed by atoms with Crippen LogP contribution in [0.25, 0.3) is 54.2 Å². The van der Waals surface area contributed by atoms with Gasteiger partial charge in [0.15, 0.2) is 0 Å². The first-order valence-electron chi connectivity index (χ1n) is 21.4. The zero-order valence-corrected chi connectivity index (χ0v) is 35.4. The van der Waals surface area contributed by atoms with Gasteiger partial charge in [-0.2, -0.15) is 0 Å². The fraction of sp³-hybridized carbons (Fsp3) is 0.0678. The van der Waals surface area contributed by atoms with E-state index in [1.165, 1.54) is 66.8 Å². The lowest BCUT2D eigenvalue weighted by atomic mass is 9.67. The third kappa shape index (κ3) is 5.52. The van der Waals surface area contributed by atoms with Crippen molar-refractivity contribution in [3.8, 4) is 44.0 Å². The van der Waals surface area contributed by atoms with Gasteiger partial charge in [0.05, 0.1) is 15.6 Å². The Kier molecular flexibility index (Phi) is 8.32. The van der Waals surface area contributed by atoms with Crippen LogP contribution in [0.4, 0.5) is 17.1 Å². The molecule has 3 heteroatoms. The van der Waals surface area contributed by atoms with Gasteiger partial charge in [0, 0.05) is 28.0 Å². The Morgan fingerprint density at radius 2 is 0.855 bits per heavy atom. The number of fused-ring (bicyclic) bond motifs is 7. The summed E-state index contributed by atoms with van der Waals surface area (Å²) in [6, 6.07) is 80.5. The van der Waals surface area contributed by atoms with E-state index in [-0.39, 0.29) is 5.41 Å². The number of hydrogen-bond acceptors (Lipinski definition) is 3. The van der Waals surface area contributed by atoms with E-state index >= 15 is 0 Å². The van der Waals surface area contributed by atoms with Gasteiger partial charge >= 0.3 is 0 Å². The van der Waals surface area contributed by atoms with Gasteiger partial charge in [-0.05, 0) is 109 Å². The van der Waals surface area contributed by atoms with Gasteiger partial charge in [0.25, 0.3) is 0 Å². The maximum Gasteiger partial charge on any atom is 0.124 e. The fourth-order valence-corrected chi connectivity index (χ4v) is 11.5. The van der Waals surface area contributed by atoms with E-state index in [2.05, 4.69) is 237 Å². The lowest BCUT2D eigenvalue weighted by Crippen LogP contribution is -2.28. The predicted molar refractivity (Wildman–Crippen MR) is 260 cm³/mol. The van der Waals surface area contributed by atoms with Gasteiger partial charge in [-0.3, -0.25) is 0 Å². The highest BCUT2D eigenvalue weighted by molar-refractivity contribution is 7.21. The molecule has 0 bridgehead atoms. The largest absolute Gasteiger partial charge is 0.310 e. The molecule has 0 radical (unpaired) electrons. The van der Waals surface area contributed by atoms with Crippen molar-refractivity contribution >= 4 is 38.6 Å². The van der Waals surface area contributed by atoms with Crippen molar-refractivity contribution < 1.29 is 0 Å². The lowest BCUT2D eigenvalue weighted by molar-refractivity contribution is 0.660. The number of rotatable bonds is 7. The average molecular weight is 811 g/mol. The summed E-state index contributed by atoms with van der Waals surface area (Å²) in [6.07, 6.45) is 0. The molecule has 9 aromatic carbocycles. The zero-order chi connectivity index (χ0) is 41.4. The van der Waals surface area contributed by atoms with Crippen LogP contribution in [-0.2, 0) is 10.8 Å². The van der Waals surface area contributed by atoms with Gasteiger partial charge in [-0.15, -0.1) is 11.3 Å². The van der Waals surface area contributed by atoms with E-state index in [0.717, 1.165) is 37.8 Å². The standard InChI is InChI=1S/C59H42N2S/c1-58(2)51-24-14-12-22-47(51)49-33-30-44(36-53(49)58)61(46-32-35-55-56(38-46)62-57(60-55)41-28-26-40(27-29-41)39-16-6-3-7-17-39)45-31-34-50-48-23-13-15-25-52(48)59(54(50)37-45,42-18-8-4-9-19-42)43-20-10-5-11-21-43/h3-38H,1-2H3. The molecule has 0 fully saturated rings. The summed E-state index contributed by atoms with van der Waals surface area (Å²) in [5.41, 5.74) is 20.2. The Hall–Kier alpha value is -7.33. The van der Waals surface area contributed by atoms with Crippen molar-refractivity contribution in [1.29, 1.82) is 0 Å². The highest BCUT2D eigenvalue weighted by atomic mass is 32.1. The Balaban J connectivity index is 1.05. The minimum absolute atomic E-state index is 0.143. The topological polar surface area (TPSA) is 16.1 Å². The van der Waals surface area contributed by atoms with Crippen LogP contribution in [-0.4, -0.2) is 4.98 Å². The first kappa shape index (κ1) is 36.5. The molecule has 1 aromatic heterocycles. The molecule has 2 aliphatic carbocycles. The number of anilines is 3. The Labute approximate surface area is 367 Å². The van der Waals surface area contributed by atoms with Crippen molar-refractivity contribution in [1.82, 2.24) is 4.98 Å². The number of benzene rings is 9. The second-order valence-corrected chi connectivity index (χ2v) is 18.1. The molecule has 0 saturated carbocycles. The Morgan fingerprint density at radius 3 is 1.52 bits per heavy atom. The summed E-state index contributed by atoms with van der Waals surface area (Å²) in [7, 11) is 0. The number of nitrogens with zero attached hydrogens (tertiary/aromatic N) is 2. The molecule has 62 heavy (non-hydrogen) atoms. The Morgan fingerprint density at radius 1 is 0.387 bits per heavy atom. The molecule has 0 amide bonds. The van der Waals surface area contributed by atoms with E-state index < -0.39 is 5.41 Å². The first-order valence-corrected chi connectivity index (χ1v) is 22.3. The Bertz CT molecular complexity index is 3270. The van der Waals surface area contributed by atoms with Crippen LogP contribution >= 0.6 is 11.3 Å². The molecule has 0 atom stereocenters. The minimum Gasteiger partial charge on any atom is -0.310 e. The average Bonchev–Trinajstić information content (AvgIpc) is 3.97. The van der Waals surface area contributed by atoms with Crippen molar-refractivity contribution in [3.05, 3.63) is 252 Å². The van der Waals surface area contributed by atoms with E-state index in [1.54, 1.807) is 11.3 Å². The molecule has 1 heterocycles. The van der Waals surface area contributed by atoms with E-state index in [0.29, 0.717) is 0 Å². The normalized spacial score (nSPS) is 13.9. The zero-order valence-electron chi connectivity index (χ0n) is 34.6. The molecule has 0 unspecified atom stereocenters. The third-order valence-electron chi connectivity index (χ3n) is 13.4. The van der Waals surface area contributed by atoms with E-state index in [1.807, 2.05) is 0 Å². The van der Waals surface area contributed by atoms with Crippen LogP contribution in [0.3, 0.4) is 0 Å². The van der Waals surface area contributed by atoms with Crippen LogP contribution in [0.15, 0.2) is 218 Å². The molecule has 0 saturated heterocycles. The SMILES string of the molecule is CC1(C)c2ccccc2-c2ccc(N(c3ccc4c(c3)C(c3ccccc3)(c3ccccc3)c3ccccc3-4)c3ccc4nc(-c5ccc(-c6ccccc6)cc5)sc4c3)cc21. The molecule has 10 aromatic rings. The summed E-state index contributed by atoms with van der Waals surface area (Å²) in [4.78, 5) is 7.65. The molecule has 294 valence electrons. The van der Waals surface area contributed by atoms with Crippen LogP contribution in [0.5, 0.6) is 0 Å². The van der Waals surface area contributed by atoms with Gasteiger partial charge in [0.1, 0.15) is 5.01 Å². The highest BCUT2D eigenvalue weighted by Gasteiger charge is 2.46. The number of thiazole rings is 1. The van der Waals surface area contributed by atoms with E-state index in [4.69, 9.17) is 4.98 Å². The quantitative estimate of drug-likeness (QED) is 0.159. The summed E-state index contributed by atoms with van der Waals surface area (Å²) >= 11 is 1.75. The lowest BCUT2D eigenvalue weighted by Gasteiger charge is -2.35. The maximum absolute atomic E-state index is 5.18. The molecule has 0 spiro atoms. The van der Waals surface area contributed by atoms with Gasteiger partial charge in [-0.1, -0.05) is 190 Å². The second kappa shape index (κ2) is 14.1. The second-order valence-electron chi connectivity index (χ2n) is 17.1. The molecular weight excluding hydrogens is 769 g/mol. The smallest absolute Gasteiger partial charge is 0.124 e. The van der Waals surface area contributed by atoms with Crippen LogP contribution < -0.4 is 4.90 Å². The molecule has 2 nitrogen and oxygen atoms in total. The molecule has 0 aliphatic heterocycles. The van der Waals surface area contributed by atoms with Crippen LogP contribution in [0.2, 0.25) is 0 Å². The third-order valence-corrected chi connectivity index (χ3v) is 14.5. The van der Waals surface area contributed by atoms with Crippen LogP contribution in [0.1, 0.15) is 47.2 Å². The molecular formula is C59H42N2S. The molecule has 0 N–H and O–H groups in total. The summed E-state index contributed by atoms with van der Waals surface area (Å²) < 4.78 is 1.15. The number of aromatic nitrogens is 1. The van der Waals surface area contributed by atoms with Gasteiger partial charge in [0.2, 0.25) is 0 Å². The maximum atomic E-state index is 5.18. The first-order chi connectivity index (χ1) is 30.5. The van der Waals surface area contributed by atoms with Crippen molar-refractivity contribution in [2.75, 3.05) is 4.90 Å². The number of hydrogen-bond donors (Lipinski definition) is 0. The monoisotopic (exact) mass is 810 g/mol. The predicted octanol–water partition coefficient (Wildman–Crippen LogP) is 15.8. The van der Waals surface area contributed by atoms with Gasteiger partial charge in [-0.25, -0.2) is 4.98 Å². The van der Waals surface area contributed by atoms with Crippen molar-refractivity contribution in [3.63, 3.8) is 0 Å². The molecule has 2 aliphatic rings. The summed E-state index contributed by atoms with van der Waals surface area (Å²) in [5.74, 6) is 0. The molecule has 12 rings (SSSR count). The fourth-order valence-electron chi connectivity index (χ4n) is 10.5. The summed E-state index contributed by atoms with van der Waals surface area (Å²) in [5, 5.41) is 1.02. The van der Waals surface area contributed by atoms with E-state index in [9.17, 15) is 0 Å². The highest BCUT2D eigenvalue weighted by Crippen LogP contribution is 2.58. The van der Waals surface area contributed by atoms with Crippen molar-refractivity contribution in [2.45, 2.75) is 24.7 Å².